The van der Waals surface area contributed by atoms with Crippen LogP contribution in [0.15, 0.2) is 46.9 Å². The highest BCUT2D eigenvalue weighted by Gasteiger charge is 2.26. The Kier molecular flexibility index (Phi) is 9.08. The monoisotopic (exact) mass is 585 g/mol. The standard InChI is InChI=1S/C29H33BrClN3O3/c1-3-19-7-6-14-34(17-19)28-18(2)27(23-15-21(30)11-12-25(23)33-28)29(37)32-16-20(10-13-26(35)36)22-8-4-5-9-24(22)31/h4-5,8-9,11-12,15,19-20H,3,6-7,10,13-14,16-17H2,1-2H3,(H,32,37)(H,35,36)/t19-,20+/m0/s1. The molecule has 1 fully saturated rings. The van der Waals surface area contributed by atoms with Crippen molar-refractivity contribution in [3.63, 3.8) is 0 Å². The number of amides is 1. The van der Waals surface area contributed by atoms with Crippen molar-refractivity contribution in [2.75, 3.05) is 24.5 Å². The van der Waals surface area contributed by atoms with Crippen LogP contribution in [0.4, 0.5) is 5.82 Å². The maximum Gasteiger partial charge on any atom is 0.303 e. The zero-order valence-corrected chi connectivity index (χ0v) is 23.6. The fraction of sp³-hybridized carbons (Fsp3) is 0.414. The van der Waals surface area contributed by atoms with Crippen molar-refractivity contribution in [3.8, 4) is 0 Å². The fourth-order valence-corrected chi connectivity index (χ4v) is 5.94. The molecule has 0 spiro atoms. The molecule has 0 saturated carbocycles. The van der Waals surface area contributed by atoms with Gasteiger partial charge in [0.2, 0.25) is 0 Å². The zero-order chi connectivity index (χ0) is 26.5. The lowest BCUT2D eigenvalue weighted by Crippen LogP contribution is -2.37. The number of rotatable bonds is 9. The van der Waals surface area contributed by atoms with Gasteiger partial charge in [0.1, 0.15) is 5.82 Å². The van der Waals surface area contributed by atoms with Crippen LogP contribution in [-0.2, 0) is 4.79 Å². The molecule has 0 aliphatic carbocycles. The van der Waals surface area contributed by atoms with Gasteiger partial charge in [-0.25, -0.2) is 4.98 Å². The number of halogens is 2. The average molecular weight is 587 g/mol. The number of piperidine rings is 1. The van der Waals surface area contributed by atoms with Crippen LogP contribution in [0.3, 0.4) is 0 Å². The number of pyridine rings is 1. The number of hydrogen-bond donors (Lipinski definition) is 2. The van der Waals surface area contributed by atoms with E-state index in [2.05, 4.69) is 33.1 Å². The Labute approximate surface area is 231 Å². The summed E-state index contributed by atoms with van der Waals surface area (Å²) in [6, 6.07) is 13.2. The topological polar surface area (TPSA) is 82.5 Å². The highest BCUT2D eigenvalue weighted by atomic mass is 79.9. The number of carbonyl (C=O) groups is 2. The highest BCUT2D eigenvalue weighted by molar-refractivity contribution is 9.10. The molecule has 4 rings (SSSR count). The second-order valence-electron chi connectivity index (χ2n) is 9.82. The lowest BCUT2D eigenvalue weighted by molar-refractivity contribution is -0.137. The molecule has 0 unspecified atom stereocenters. The number of anilines is 1. The molecule has 1 aliphatic rings. The molecule has 0 bridgehead atoms. The second-order valence-corrected chi connectivity index (χ2v) is 11.1. The second kappa shape index (κ2) is 12.3. The summed E-state index contributed by atoms with van der Waals surface area (Å²) in [5.74, 6) is 0.201. The van der Waals surface area contributed by atoms with Crippen molar-refractivity contribution in [2.24, 2.45) is 5.92 Å². The van der Waals surface area contributed by atoms with Gasteiger partial charge >= 0.3 is 5.97 Å². The molecule has 8 heteroatoms. The fourth-order valence-electron chi connectivity index (χ4n) is 5.28. The third-order valence-corrected chi connectivity index (χ3v) is 8.19. The highest BCUT2D eigenvalue weighted by Crippen LogP contribution is 2.33. The van der Waals surface area contributed by atoms with Crippen LogP contribution in [-0.4, -0.2) is 41.6 Å². The summed E-state index contributed by atoms with van der Waals surface area (Å²) in [4.78, 5) is 32.4. The van der Waals surface area contributed by atoms with Crippen LogP contribution in [0.1, 0.15) is 66.4 Å². The lowest BCUT2D eigenvalue weighted by atomic mass is 9.93. The minimum atomic E-state index is -0.874. The number of benzene rings is 2. The Balaban J connectivity index is 1.68. The van der Waals surface area contributed by atoms with Gasteiger partial charge in [-0.3, -0.25) is 9.59 Å². The molecular formula is C29H33BrClN3O3. The van der Waals surface area contributed by atoms with E-state index in [1.165, 1.54) is 6.42 Å². The summed E-state index contributed by atoms with van der Waals surface area (Å²) in [7, 11) is 0. The van der Waals surface area contributed by atoms with E-state index in [4.69, 9.17) is 16.6 Å². The average Bonchev–Trinajstić information content (AvgIpc) is 2.88. The molecule has 0 radical (unpaired) electrons. The van der Waals surface area contributed by atoms with Gasteiger partial charge in [-0.05, 0) is 61.9 Å². The molecule has 2 atom stereocenters. The quantitative estimate of drug-likeness (QED) is 0.283. The van der Waals surface area contributed by atoms with Crippen molar-refractivity contribution in [1.29, 1.82) is 0 Å². The van der Waals surface area contributed by atoms with Gasteiger partial charge in [-0.2, -0.15) is 0 Å². The Morgan fingerprint density at radius 2 is 2.05 bits per heavy atom. The predicted molar refractivity (Wildman–Crippen MR) is 153 cm³/mol. The molecule has 2 N–H and O–H groups in total. The number of aromatic nitrogens is 1. The van der Waals surface area contributed by atoms with Gasteiger partial charge in [-0.15, -0.1) is 0 Å². The maximum atomic E-state index is 13.8. The Morgan fingerprint density at radius 1 is 1.27 bits per heavy atom. The minimum absolute atomic E-state index is 0.00632. The van der Waals surface area contributed by atoms with Crippen LogP contribution in [0.2, 0.25) is 5.02 Å². The minimum Gasteiger partial charge on any atom is -0.481 e. The van der Waals surface area contributed by atoms with E-state index in [0.29, 0.717) is 22.9 Å². The van der Waals surface area contributed by atoms with E-state index in [-0.39, 0.29) is 24.8 Å². The number of fused-ring (bicyclic) bond motifs is 1. The van der Waals surface area contributed by atoms with Crippen molar-refractivity contribution >= 4 is 56.1 Å². The normalized spacial score (nSPS) is 16.5. The molecule has 1 aliphatic heterocycles. The first-order valence-corrected chi connectivity index (χ1v) is 14.0. The van der Waals surface area contributed by atoms with Crippen molar-refractivity contribution in [2.45, 2.75) is 51.9 Å². The first-order chi connectivity index (χ1) is 17.8. The largest absolute Gasteiger partial charge is 0.481 e. The molecule has 196 valence electrons. The number of nitrogens with zero attached hydrogens (tertiary/aromatic N) is 2. The number of aliphatic carboxylic acids is 1. The first kappa shape index (κ1) is 27.4. The maximum absolute atomic E-state index is 13.8. The molecular weight excluding hydrogens is 554 g/mol. The van der Waals surface area contributed by atoms with Crippen molar-refractivity contribution < 1.29 is 14.7 Å². The molecule has 2 heterocycles. The van der Waals surface area contributed by atoms with Gasteiger partial charge in [-0.1, -0.05) is 59.1 Å². The molecule has 1 saturated heterocycles. The summed E-state index contributed by atoms with van der Waals surface area (Å²) < 4.78 is 0.877. The van der Waals surface area contributed by atoms with E-state index >= 15 is 0 Å². The number of hydrogen-bond acceptors (Lipinski definition) is 4. The van der Waals surface area contributed by atoms with E-state index < -0.39 is 5.97 Å². The zero-order valence-electron chi connectivity index (χ0n) is 21.3. The summed E-state index contributed by atoms with van der Waals surface area (Å²) in [6.07, 6.45) is 3.83. The summed E-state index contributed by atoms with van der Waals surface area (Å²) in [6.45, 7) is 6.35. The smallest absolute Gasteiger partial charge is 0.303 e. The van der Waals surface area contributed by atoms with Gasteiger partial charge in [0, 0.05) is 52.4 Å². The van der Waals surface area contributed by atoms with Crippen LogP contribution in [0, 0.1) is 12.8 Å². The SMILES string of the molecule is CC[C@H]1CCCN(c2nc3ccc(Br)cc3c(C(=O)NC[C@@H](CCC(=O)O)c3ccccc3Cl)c2C)C1. The molecule has 1 amide bonds. The van der Waals surface area contributed by atoms with Crippen molar-refractivity contribution in [3.05, 3.63) is 68.7 Å². The van der Waals surface area contributed by atoms with E-state index in [0.717, 1.165) is 58.3 Å². The van der Waals surface area contributed by atoms with Crippen molar-refractivity contribution in [1.82, 2.24) is 10.3 Å². The number of carboxylic acid groups (broad SMARTS) is 1. The van der Waals surface area contributed by atoms with Crippen LogP contribution in [0.25, 0.3) is 10.9 Å². The molecule has 2 aromatic carbocycles. The molecule has 3 aromatic rings. The van der Waals surface area contributed by atoms with E-state index in [9.17, 15) is 14.7 Å². The Morgan fingerprint density at radius 3 is 2.78 bits per heavy atom. The molecule has 6 nitrogen and oxygen atoms in total. The lowest BCUT2D eigenvalue weighted by Gasteiger charge is -2.34. The molecule has 37 heavy (non-hydrogen) atoms. The van der Waals surface area contributed by atoms with Crippen LogP contribution >= 0.6 is 27.5 Å². The Hall–Kier alpha value is -2.64. The van der Waals surface area contributed by atoms with Crippen LogP contribution < -0.4 is 10.2 Å². The molecule has 1 aromatic heterocycles. The van der Waals surface area contributed by atoms with Gasteiger partial charge in [0.05, 0.1) is 11.1 Å². The summed E-state index contributed by atoms with van der Waals surface area (Å²) in [5.41, 5.74) is 3.08. The number of nitrogens with one attached hydrogen (secondary N) is 1. The third kappa shape index (κ3) is 6.44. The van der Waals surface area contributed by atoms with Crippen LogP contribution in [0.5, 0.6) is 0 Å². The Bertz CT molecular complexity index is 1300. The summed E-state index contributed by atoms with van der Waals surface area (Å²) >= 11 is 9.99. The summed E-state index contributed by atoms with van der Waals surface area (Å²) in [5, 5.41) is 13.7. The van der Waals surface area contributed by atoms with E-state index in [1.54, 1.807) is 6.07 Å². The van der Waals surface area contributed by atoms with Gasteiger partial charge < -0.3 is 15.3 Å². The van der Waals surface area contributed by atoms with Gasteiger partial charge in [0.25, 0.3) is 5.91 Å². The third-order valence-electron chi connectivity index (χ3n) is 7.35. The number of carbonyl (C=O) groups excluding carboxylic acids is 1. The van der Waals surface area contributed by atoms with Gasteiger partial charge in [0.15, 0.2) is 0 Å². The number of carboxylic acids is 1. The predicted octanol–water partition coefficient (Wildman–Crippen LogP) is 6.96. The van der Waals surface area contributed by atoms with E-state index in [1.807, 2.05) is 43.3 Å². The first-order valence-electron chi connectivity index (χ1n) is 12.9.